The zero-order valence-corrected chi connectivity index (χ0v) is 9.93. The third-order valence-corrected chi connectivity index (χ3v) is 2.76. The third-order valence-electron chi connectivity index (χ3n) is 2.76. The average molecular weight is 244 g/mol. The van der Waals surface area contributed by atoms with Crippen molar-refractivity contribution in [3.63, 3.8) is 0 Å². The summed E-state index contributed by atoms with van der Waals surface area (Å²) in [5.41, 5.74) is 1.72. The molecule has 0 spiro atoms. The Labute approximate surface area is 105 Å². The van der Waals surface area contributed by atoms with Crippen molar-refractivity contribution in [2.24, 2.45) is 0 Å². The van der Waals surface area contributed by atoms with Crippen LogP contribution in [0.5, 0.6) is 0 Å². The highest BCUT2D eigenvalue weighted by Gasteiger charge is 2.09. The summed E-state index contributed by atoms with van der Waals surface area (Å²) in [6.07, 6.45) is -0.556. The van der Waals surface area contributed by atoms with Crippen LogP contribution in [-0.2, 0) is 0 Å². The van der Waals surface area contributed by atoms with Gasteiger partial charge in [-0.2, -0.15) is 0 Å². The zero-order valence-electron chi connectivity index (χ0n) is 9.93. The van der Waals surface area contributed by atoms with Crippen molar-refractivity contribution >= 4 is 5.78 Å². The van der Waals surface area contributed by atoms with Gasteiger partial charge in [0.1, 0.15) is 5.82 Å². The molecular weight excluding hydrogens is 231 g/mol. The molecule has 1 unspecified atom stereocenters. The van der Waals surface area contributed by atoms with E-state index in [0.29, 0.717) is 11.1 Å². The maximum absolute atomic E-state index is 12.8. The lowest BCUT2D eigenvalue weighted by molar-refractivity contribution is 0.103. The first-order valence-corrected chi connectivity index (χ1v) is 5.66. The molecule has 2 aromatic rings. The lowest BCUT2D eigenvalue weighted by Crippen LogP contribution is -2.02. The number of carbonyl (C=O) groups excluding carboxylic acids is 1. The summed E-state index contributed by atoms with van der Waals surface area (Å²) in [6, 6.07) is 12.2. The molecule has 0 aliphatic rings. The van der Waals surface area contributed by atoms with Gasteiger partial charge in [-0.3, -0.25) is 4.79 Å². The van der Waals surface area contributed by atoms with Gasteiger partial charge in [0, 0.05) is 11.1 Å². The fraction of sp³-hybridized carbons (Fsp3) is 0.133. The van der Waals surface area contributed by atoms with Crippen LogP contribution in [0.25, 0.3) is 0 Å². The predicted octanol–water partition coefficient (Wildman–Crippen LogP) is 3.11. The van der Waals surface area contributed by atoms with Crippen LogP contribution < -0.4 is 0 Å². The van der Waals surface area contributed by atoms with Gasteiger partial charge in [-0.25, -0.2) is 4.39 Å². The summed E-state index contributed by atoms with van der Waals surface area (Å²) in [7, 11) is 0. The molecule has 0 bridgehead atoms. The van der Waals surface area contributed by atoms with Crippen molar-refractivity contribution in [3.8, 4) is 0 Å². The van der Waals surface area contributed by atoms with Crippen LogP contribution in [0.3, 0.4) is 0 Å². The van der Waals surface area contributed by atoms with Gasteiger partial charge in [-0.05, 0) is 36.8 Å². The van der Waals surface area contributed by atoms with Crippen LogP contribution in [0.15, 0.2) is 48.5 Å². The van der Waals surface area contributed by atoms with E-state index in [1.54, 1.807) is 31.2 Å². The molecule has 0 heterocycles. The van der Waals surface area contributed by atoms with Crippen LogP contribution in [0.4, 0.5) is 4.39 Å². The number of aliphatic hydroxyl groups is 1. The molecule has 2 rings (SSSR count). The largest absolute Gasteiger partial charge is 0.389 e. The molecule has 0 aliphatic carbocycles. The SMILES string of the molecule is CC(O)c1ccc(C(=O)c2ccc(F)cc2)cc1. The van der Waals surface area contributed by atoms with E-state index in [1.807, 2.05) is 0 Å². The molecule has 18 heavy (non-hydrogen) atoms. The Hall–Kier alpha value is -2.00. The minimum absolute atomic E-state index is 0.160. The Morgan fingerprint density at radius 1 is 1.00 bits per heavy atom. The molecule has 0 aliphatic heterocycles. The molecular formula is C15H13FO2. The van der Waals surface area contributed by atoms with Crippen molar-refractivity contribution < 1.29 is 14.3 Å². The van der Waals surface area contributed by atoms with Crippen LogP contribution in [0.2, 0.25) is 0 Å². The second-order valence-electron chi connectivity index (χ2n) is 4.13. The number of hydrogen-bond acceptors (Lipinski definition) is 2. The van der Waals surface area contributed by atoms with Crippen molar-refractivity contribution in [2.45, 2.75) is 13.0 Å². The third kappa shape index (κ3) is 2.63. The minimum atomic E-state index is -0.556. The molecule has 0 aromatic heterocycles. The van der Waals surface area contributed by atoms with E-state index in [0.717, 1.165) is 5.56 Å². The van der Waals surface area contributed by atoms with E-state index in [9.17, 15) is 14.3 Å². The highest BCUT2D eigenvalue weighted by atomic mass is 19.1. The van der Waals surface area contributed by atoms with E-state index >= 15 is 0 Å². The van der Waals surface area contributed by atoms with Gasteiger partial charge < -0.3 is 5.11 Å². The average Bonchev–Trinajstić information content (AvgIpc) is 2.39. The number of hydrogen-bond donors (Lipinski definition) is 1. The first kappa shape index (κ1) is 12.5. The van der Waals surface area contributed by atoms with Gasteiger partial charge in [0.15, 0.2) is 5.78 Å². The van der Waals surface area contributed by atoms with Crippen LogP contribution in [0, 0.1) is 5.82 Å². The molecule has 2 nitrogen and oxygen atoms in total. The van der Waals surface area contributed by atoms with Crippen molar-refractivity contribution in [2.75, 3.05) is 0 Å². The summed E-state index contributed by atoms with van der Waals surface area (Å²) in [5.74, 6) is -0.525. The fourth-order valence-electron chi connectivity index (χ4n) is 1.68. The lowest BCUT2D eigenvalue weighted by atomic mass is 10.0. The minimum Gasteiger partial charge on any atom is -0.389 e. The monoisotopic (exact) mass is 244 g/mol. The molecule has 0 amide bonds. The fourth-order valence-corrected chi connectivity index (χ4v) is 1.68. The molecule has 0 saturated carbocycles. The molecule has 92 valence electrons. The van der Waals surface area contributed by atoms with E-state index in [4.69, 9.17) is 0 Å². The topological polar surface area (TPSA) is 37.3 Å². The Morgan fingerprint density at radius 3 is 1.89 bits per heavy atom. The Kier molecular flexibility index (Phi) is 3.53. The second kappa shape index (κ2) is 5.10. The second-order valence-corrected chi connectivity index (χ2v) is 4.13. The first-order valence-electron chi connectivity index (χ1n) is 5.66. The Balaban J connectivity index is 2.26. The number of carbonyl (C=O) groups is 1. The molecule has 0 fully saturated rings. The van der Waals surface area contributed by atoms with E-state index in [1.165, 1.54) is 24.3 Å². The summed E-state index contributed by atoms with van der Waals surface area (Å²) in [5, 5.41) is 9.37. The molecule has 1 atom stereocenters. The van der Waals surface area contributed by atoms with Crippen molar-refractivity contribution in [1.29, 1.82) is 0 Å². The quantitative estimate of drug-likeness (QED) is 0.842. The summed E-state index contributed by atoms with van der Waals surface area (Å²) < 4.78 is 12.8. The standard InChI is InChI=1S/C15H13FO2/c1-10(17)11-2-4-12(5-3-11)15(18)13-6-8-14(16)9-7-13/h2-10,17H,1H3. The Bertz CT molecular complexity index is 542. The van der Waals surface area contributed by atoms with E-state index in [-0.39, 0.29) is 11.6 Å². The number of benzene rings is 2. The van der Waals surface area contributed by atoms with Crippen LogP contribution >= 0.6 is 0 Å². The normalized spacial score (nSPS) is 12.2. The summed E-state index contributed by atoms with van der Waals surface area (Å²) in [4.78, 5) is 12.1. The maximum Gasteiger partial charge on any atom is 0.193 e. The number of halogens is 1. The van der Waals surface area contributed by atoms with Gasteiger partial charge >= 0.3 is 0 Å². The molecule has 0 radical (unpaired) electrons. The Morgan fingerprint density at radius 2 is 1.44 bits per heavy atom. The first-order chi connectivity index (χ1) is 8.58. The van der Waals surface area contributed by atoms with Crippen molar-refractivity contribution in [3.05, 3.63) is 71.0 Å². The van der Waals surface area contributed by atoms with Gasteiger partial charge in [-0.1, -0.05) is 24.3 Å². The van der Waals surface area contributed by atoms with Gasteiger partial charge in [0.2, 0.25) is 0 Å². The molecule has 0 saturated heterocycles. The molecule has 2 aromatic carbocycles. The van der Waals surface area contributed by atoms with E-state index in [2.05, 4.69) is 0 Å². The maximum atomic E-state index is 12.8. The van der Waals surface area contributed by atoms with Crippen molar-refractivity contribution in [1.82, 2.24) is 0 Å². The zero-order chi connectivity index (χ0) is 13.1. The smallest absolute Gasteiger partial charge is 0.193 e. The van der Waals surface area contributed by atoms with Crippen LogP contribution in [0.1, 0.15) is 34.5 Å². The van der Waals surface area contributed by atoms with Crippen LogP contribution in [-0.4, -0.2) is 10.9 Å². The molecule has 3 heteroatoms. The predicted molar refractivity (Wildman–Crippen MR) is 66.9 cm³/mol. The van der Waals surface area contributed by atoms with Gasteiger partial charge in [0.25, 0.3) is 0 Å². The summed E-state index contributed by atoms with van der Waals surface area (Å²) >= 11 is 0. The number of rotatable bonds is 3. The van der Waals surface area contributed by atoms with E-state index < -0.39 is 6.10 Å². The number of aliphatic hydroxyl groups excluding tert-OH is 1. The van der Waals surface area contributed by atoms with Gasteiger partial charge in [0.05, 0.1) is 6.10 Å². The highest BCUT2D eigenvalue weighted by Crippen LogP contribution is 2.15. The highest BCUT2D eigenvalue weighted by molar-refractivity contribution is 6.08. The lowest BCUT2D eigenvalue weighted by Gasteiger charge is -2.06. The molecule has 1 N–H and O–H groups in total. The summed E-state index contributed by atoms with van der Waals surface area (Å²) in [6.45, 7) is 1.66. The number of ketones is 1. The van der Waals surface area contributed by atoms with Gasteiger partial charge in [-0.15, -0.1) is 0 Å².